The van der Waals surface area contributed by atoms with Crippen LogP contribution in [0.3, 0.4) is 0 Å². The highest BCUT2D eigenvalue weighted by Gasteiger charge is 1.96. The van der Waals surface area contributed by atoms with Gasteiger partial charge in [0.05, 0.1) is 5.03 Å². The summed E-state index contributed by atoms with van der Waals surface area (Å²) < 4.78 is 0. The molecular weight excluding hydrogens is 196 g/mol. The quantitative estimate of drug-likeness (QED) is 0.559. The van der Waals surface area contributed by atoms with E-state index in [1.54, 1.807) is 11.8 Å². The number of nitrogens with zero attached hydrogens (tertiary/aromatic N) is 1. The SMILES string of the molecule is CCNc1cccc(SCCCO)n1. The molecule has 14 heavy (non-hydrogen) atoms. The Bertz CT molecular complexity index is 268. The van der Waals surface area contributed by atoms with Gasteiger partial charge in [-0.05, 0) is 25.5 Å². The minimum Gasteiger partial charge on any atom is -0.396 e. The van der Waals surface area contributed by atoms with Crippen LogP contribution in [0.2, 0.25) is 0 Å². The summed E-state index contributed by atoms with van der Waals surface area (Å²) >= 11 is 1.67. The van der Waals surface area contributed by atoms with Crippen LogP contribution >= 0.6 is 11.8 Å². The average molecular weight is 212 g/mol. The van der Waals surface area contributed by atoms with Crippen LogP contribution in [-0.2, 0) is 0 Å². The largest absolute Gasteiger partial charge is 0.396 e. The molecule has 0 amide bonds. The van der Waals surface area contributed by atoms with Crippen molar-refractivity contribution in [1.82, 2.24) is 4.98 Å². The zero-order chi connectivity index (χ0) is 10.2. The lowest BCUT2D eigenvalue weighted by molar-refractivity contribution is 0.296. The Labute approximate surface area is 88.9 Å². The van der Waals surface area contributed by atoms with Crippen molar-refractivity contribution in [3.8, 4) is 0 Å². The molecule has 0 unspecified atom stereocenters. The number of aliphatic hydroxyl groups excluding tert-OH is 1. The maximum Gasteiger partial charge on any atom is 0.127 e. The van der Waals surface area contributed by atoms with Crippen LogP contribution in [0.4, 0.5) is 5.82 Å². The molecule has 0 bridgehead atoms. The zero-order valence-corrected chi connectivity index (χ0v) is 9.18. The van der Waals surface area contributed by atoms with E-state index in [0.29, 0.717) is 0 Å². The minimum atomic E-state index is 0.250. The van der Waals surface area contributed by atoms with E-state index in [1.807, 2.05) is 25.1 Å². The molecule has 0 spiro atoms. The van der Waals surface area contributed by atoms with Crippen molar-refractivity contribution in [3.05, 3.63) is 18.2 Å². The molecule has 0 aliphatic heterocycles. The van der Waals surface area contributed by atoms with Gasteiger partial charge in [-0.2, -0.15) is 0 Å². The fourth-order valence-electron chi connectivity index (χ4n) is 1.02. The number of anilines is 1. The maximum absolute atomic E-state index is 8.64. The van der Waals surface area contributed by atoms with E-state index in [2.05, 4.69) is 10.3 Å². The molecule has 2 N–H and O–H groups in total. The van der Waals surface area contributed by atoms with E-state index in [-0.39, 0.29) is 6.61 Å². The van der Waals surface area contributed by atoms with Crippen molar-refractivity contribution in [1.29, 1.82) is 0 Å². The Balaban J connectivity index is 2.46. The maximum atomic E-state index is 8.64. The second-order valence-electron chi connectivity index (χ2n) is 2.82. The number of hydrogen-bond acceptors (Lipinski definition) is 4. The van der Waals surface area contributed by atoms with E-state index in [1.165, 1.54) is 0 Å². The first-order valence-corrected chi connectivity index (χ1v) is 5.80. The summed E-state index contributed by atoms with van der Waals surface area (Å²) in [7, 11) is 0. The van der Waals surface area contributed by atoms with E-state index in [9.17, 15) is 0 Å². The summed E-state index contributed by atoms with van der Waals surface area (Å²) in [6.07, 6.45) is 0.817. The molecule has 0 aromatic carbocycles. The first-order chi connectivity index (χ1) is 6.86. The molecule has 1 aromatic rings. The van der Waals surface area contributed by atoms with Gasteiger partial charge in [-0.3, -0.25) is 0 Å². The molecule has 1 heterocycles. The van der Waals surface area contributed by atoms with Crippen LogP contribution in [0, 0.1) is 0 Å². The lowest BCUT2D eigenvalue weighted by Gasteiger charge is -2.04. The summed E-state index contributed by atoms with van der Waals surface area (Å²) in [6.45, 7) is 3.19. The topological polar surface area (TPSA) is 45.1 Å². The van der Waals surface area contributed by atoms with Crippen molar-refractivity contribution in [2.24, 2.45) is 0 Å². The van der Waals surface area contributed by atoms with Crippen LogP contribution in [0.1, 0.15) is 13.3 Å². The monoisotopic (exact) mass is 212 g/mol. The van der Waals surface area contributed by atoms with Gasteiger partial charge in [-0.15, -0.1) is 11.8 Å². The van der Waals surface area contributed by atoms with E-state index < -0.39 is 0 Å². The molecule has 4 heteroatoms. The Morgan fingerprint density at radius 1 is 1.50 bits per heavy atom. The third kappa shape index (κ3) is 3.98. The fourth-order valence-corrected chi connectivity index (χ4v) is 1.84. The standard InChI is InChI=1S/C10H16N2OS/c1-2-11-9-5-3-6-10(12-9)14-8-4-7-13/h3,5-6,13H,2,4,7-8H2,1H3,(H,11,12). The highest BCUT2D eigenvalue weighted by Crippen LogP contribution is 2.17. The van der Waals surface area contributed by atoms with Crippen LogP contribution < -0.4 is 5.32 Å². The van der Waals surface area contributed by atoms with E-state index >= 15 is 0 Å². The molecule has 0 aliphatic carbocycles. The molecule has 0 aliphatic rings. The number of hydrogen-bond donors (Lipinski definition) is 2. The van der Waals surface area contributed by atoms with Crippen molar-refractivity contribution in [2.45, 2.75) is 18.4 Å². The molecule has 78 valence electrons. The molecule has 0 atom stereocenters. The Morgan fingerprint density at radius 3 is 3.07 bits per heavy atom. The summed E-state index contributed by atoms with van der Waals surface area (Å²) in [5, 5.41) is 12.8. The normalized spacial score (nSPS) is 10.1. The smallest absolute Gasteiger partial charge is 0.127 e. The summed E-state index contributed by atoms with van der Waals surface area (Å²) in [5.74, 6) is 1.83. The van der Waals surface area contributed by atoms with Gasteiger partial charge in [-0.1, -0.05) is 6.07 Å². The summed E-state index contributed by atoms with van der Waals surface area (Å²) in [6, 6.07) is 5.94. The average Bonchev–Trinajstić information content (AvgIpc) is 2.19. The van der Waals surface area contributed by atoms with Gasteiger partial charge in [0, 0.05) is 18.9 Å². The fraction of sp³-hybridized carbons (Fsp3) is 0.500. The van der Waals surface area contributed by atoms with Crippen molar-refractivity contribution >= 4 is 17.6 Å². The molecule has 1 aromatic heterocycles. The lowest BCUT2D eigenvalue weighted by Crippen LogP contribution is -1.99. The summed E-state index contributed by atoms with van der Waals surface area (Å²) in [4.78, 5) is 4.40. The molecular formula is C10H16N2OS. The zero-order valence-electron chi connectivity index (χ0n) is 8.36. The molecule has 3 nitrogen and oxygen atoms in total. The van der Waals surface area contributed by atoms with Gasteiger partial charge in [0.15, 0.2) is 0 Å². The van der Waals surface area contributed by atoms with Gasteiger partial charge < -0.3 is 10.4 Å². The highest BCUT2D eigenvalue weighted by molar-refractivity contribution is 7.99. The molecule has 0 radical (unpaired) electrons. The molecule has 1 rings (SSSR count). The van der Waals surface area contributed by atoms with Crippen LogP contribution in [0.15, 0.2) is 23.2 Å². The molecule has 0 saturated carbocycles. The van der Waals surface area contributed by atoms with Crippen LogP contribution in [-0.4, -0.2) is 29.0 Å². The first kappa shape index (κ1) is 11.3. The van der Waals surface area contributed by atoms with Crippen LogP contribution in [0.25, 0.3) is 0 Å². The van der Waals surface area contributed by atoms with Crippen molar-refractivity contribution < 1.29 is 5.11 Å². The van der Waals surface area contributed by atoms with Gasteiger partial charge in [0.25, 0.3) is 0 Å². The van der Waals surface area contributed by atoms with E-state index in [4.69, 9.17) is 5.11 Å². The summed E-state index contributed by atoms with van der Waals surface area (Å²) in [5.41, 5.74) is 0. The van der Waals surface area contributed by atoms with E-state index in [0.717, 1.165) is 29.6 Å². The van der Waals surface area contributed by atoms with Gasteiger partial charge in [-0.25, -0.2) is 4.98 Å². The number of thioether (sulfide) groups is 1. The number of nitrogens with one attached hydrogen (secondary N) is 1. The van der Waals surface area contributed by atoms with Gasteiger partial charge in [0.1, 0.15) is 5.82 Å². The number of aromatic nitrogens is 1. The van der Waals surface area contributed by atoms with Gasteiger partial charge in [0.2, 0.25) is 0 Å². The number of pyridine rings is 1. The second-order valence-corrected chi connectivity index (χ2v) is 3.93. The molecule has 0 fully saturated rings. The molecule has 0 saturated heterocycles. The van der Waals surface area contributed by atoms with Crippen molar-refractivity contribution in [2.75, 3.05) is 24.2 Å². The Hall–Kier alpha value is -0.740. The predicted octanol–water partition coefficient (Wildman–Crippen LogP) is 1.99. The number of rotatable bonds is 6. The minimum absolute atomic E-state index is 0.250. The number of aliphatic hydroxyl groups is 1. The third-order valence-electron chi connectivity index (χ3n) is 1.63. The third-order valence-corrected chi connectivity index (χ3v) is 2.65. The van der Waals surface area contributed by atoms with Crippen molar-refractivity contribution in [3.63, 3.8) is 0 Å². The second kappa shape index (κ2) is 6.68. The highest BCUT2D eigenvalue weighted by atomic mass is 32.2. The lowest BCUT2D eigenvalue weighted by atomic mass is 10.4. The van der Waals surface area contributed by atoms with Crippen LogP contribution in [0.5, 0.6) is 0 Å². The van der Waals surface area contributed by atoms with Gasteiger partial charge >= 0.3 is 0 Å². The Kier molecular flexibility index (Phi) is 5.40. The first-order valence-electron chi connectivity index (χ1n) is 4.81. The predicted molar refractivity (Wildman–Crippen MR) is 60.8 cm³/mol. The Morgan fingerprint density at radius 2 is 2.36 bits per heavy atom.